The van der Waals surface area contributed by atoms with Crippen molar-refractivity contribution in [3.05, 3.63) is 115 Å². The molecule has 3 heterocycles. The molecule has 8 aromatic rings. The van der Waals surface area contributed by atoms with Gasteiger partial charge in [-0.15, -0.1) is 22.7 Å². The normalized spacial score (nSPS) is 12.0. The largest absolute Gasteiger partial charge is 0.308 e. The molecule has 0 N–H and O–H groups in total. The highest BCUT2D eigenvalue weighted by atomic mass is 32.2. The van der Waals surface area contributed by atoms with Gasteiger partial charge in [0.15, 0.2) is 0 Å². The van der Waals surface area contributed by atoms with Crippen molar-refractivity contribution in [2.24, 2.45) is 0 Å². The summed E-state index contributed by atoms with van der Waals surface area (Å²) >= 11 is 3.85. The van der Waals surface area contributed by atoms with Gasteiger partial charge in [0, 0.05) is 37.3 Å². The number of nitrogens with zero attached hydrogens (tertiary/aromatic N) is 1. The molecular formula is C32H19NS2. The van der Waals surface area contributed by atoms with Crippen molar-refractivity contribution < 1.29 is 0 Å². The minimum atomic E-state index is 1.20. The Bertz CT molecular complexity index is 2040. The summed E-state index contributed by atoms with van der Waals surface area (Å²) in [5.74, 6) is 0. The van der Waals surface area contributed by atoms with Crippen molar-refractivity contribution in [3.8, 4) is 16.8 Å². The first kappa shape index (κ1) is 19.4. The molecule has 1 nitrogen and oxygen atoms in total. The Hall–Kier alpha value is -3.92. The third kappa shape index (κ3) is 2.74. The van der Waals surface area contributed by atoms with Gasteiger partial charge in [0.1, 0.15) is 0 Å². The molecule has 3 heteroatoms. The van der Waals surface area contributed by atoms with Crippen LogP contribution in [-0.4, -0.2) is 4.57 Å². The Kier molecular flexibility index (Phi) is 4.04. The number of fused-ring (bicyclic) bond motifs is 9. The van der Waals surface area contributed by atoms with Crippen LogP contribution in [0.1, 0.15) is 0 Å². The lowest BCUT2D eigenvalue weighted by Crippen LogP contribution is -1.93. The number of aromatic nitrogens is 1. The summed E-state index contributed by atoms with van der Waals surface area (Å²) in [6.07, 6.45) is 0. The van der Waals surface area contributed by atoms with Crippen molar-refractivity contribution in [3.63, 3.8) is 0 Å². The molecular weight excluding hydrogens is 462 g/mol. The molecule has 164 valence electrons. The van der Waals surface area contributed by atoms with Crippen LogP contribution in [0, 0.1) is 0 Å². The fourth-order valence-electron chi connectivity index (χ4n) is 5.48. The van der Waals surface area contributed by atoms with E-state index in [4.69, 9.17) is 0 Å². The van der Waals surface area contributed by atoms with Crippen molar-refractivity contribution in [2.45, 2.75) is 0 Å². The van der Waals surface area contributed by atoms with Crippen molar-refractivity contribution in [2.75, 3.05) is 0 Å². The van der Waals surface area contributed by atoms with Crippen LogP contribution in [0.15, 0.2) is 115 Å². The smallest absolute Gasteiger partial charge is 0.0891 e. The summed E-state index contributed by atoms with van der Waals surface area (Å²) in [7, 11) is 0. The van der Waals surface area contributed by atoms with E-state index in [9.17, 15) is 0 Å². The molecule has 35 heavy (non-hydrogen) atoms. The van der Waals surface area contributed by atoms with E-state index in [1.807, 2.05) is 22.7 Å². The van der Waals surface area contributed by atoms with Gasteiger partial charge in [-0.25, -0.2) is 0 Å². The van der Waals surface area contributed by atoms with Crippen LogP contribution in [0.2, 0.25) is 0 Å². The molecule has 0 saturated carbocycles. The minimum Gasteiger partial charge on any atom is -0.308 e. The minimum absolute atomic E-state index is 1.20. The van der Waals surface area contributed by atoms with Gasteiger partial charge in [0.05, 0.1) is 19.7 Å². The van der Waals surface area contributed by atoms with Gasteiger partial charge in [-0.1, -0.05) is 84.9 Å². The SMILES string of the molecule is c1ccc(-c2ccc3c(c2)c2ccc4c(sc5sc6ccccc6c54)c2n3-c2ccccc2)cc1. The molecule has 0 fully saturated rings. The predicted molar refractivity (Wildman–Crippen MR) is 154 cm³/mol. The van der Waals surface area contributed by atoms with Gasteiger partial charge in [0.2, 0.25) is 0 Å². The molecule has 0 atom stereocenters. The van der Waals surface area contributed by atoms with E-state index in [-0.39, 0.29) is 0 Å². The lowest BCUT2D eigenvalue weighted by atomic mass is 10.0. The molecule has 0 aliphatic carbocycles. The summed E-state index contributed by atoms with van der Waals surface area (Å²) in [6.45, 7) is 0. The topological polar surface area (TPSA) is 4.93 Å². The number of thiophene rings is 2. The predicted octanol–water partition coefficient (Wildman–Crippen LogP) is 10.0. The summed E-state index contributed by atoms with van der Waals surface area (Å²) in [5.41, 5.74) is 6.27. The molecule has 3 aromatic heterocycles. The zero-order chi connectivity index (χ0) is 22.9. The zero-order valence-electron chi connectivity index (χ0n) is 18.7. The van der Waals surface area contributed by atoms with Crippen molar-refractivity contribution in [1.82, 2.24) is 4.57 Å². The fraction of sp³-hybridized carbons (Fsp3) is 0. The highest BCUT2D eigenvalue weighted by Gasteiger charge is 2.20. The molecule has 0 spiro atoms. The Morgan fingerprint density at radius 3 is 2.11 bits per heavy atom. The lowest BCUT2D eigenvalue weighted by Gasteiger charge is -2.09. The van der Waals surface area contributed by atoms with Crippen LogP contribution >= 0.6 is 22.7 Å². The van der Waals surface area contributed by atoms with Gasteiger partial charge in [-0.05, 0) is 41.5 Å². The molecule has 5 aromatic carbocycles. The van der Waals surface area contributed by atoms with Gasteiger partial charge in [0.25, 0.3) is 0 Å². The van der Waals surface area contributed by atoms with E-state index in [1.165, 1.54) is 68.2 Å². The van der Waals surface area contributed by atoms with E-state index in [0.717, 1.165) is 0 Å². The van der Waals surface area contributed by atoms with E-state index >= 15 is 0 Å². The molecule has 0 bridgehead atoms. The second kappa shape index (κ2) is 7.29. The van der Waals surface area contributed by atoms with Gasteiger partial charge < -0.3 is 4.57 Å². The van der Waals surface area contributed by atoms with Crippen LogP contribution in [0.4, 0.5) is 0 Å². The number of hydrogen-bond donors (Lipinski definition) is 0. The quantitative estimate of drug-likeness (QED) is 0.231. The Balaban J connectivity index is 1.55. The van der Waals surface area contributed by atoms with Crippen LogP contribution in [0.3, 0.4) is 0 Å². The molecule has 0 amide bonds. The van der Waals surface area contributed by atoms with Gasteiger partial charge >= 0.3 is 0 Å². The second-order valence-electron chi connectivity index (χ2n) is 8.97. The Morgan fingerprint density at radius 1 is 0.514 bits per heavy atom. The van der Waals surface area contributed by atoms with Crippen LogP contribution in [0.25, 0.3) is 68.2 Å². The van der Waals surface area contributed by atoms with Gasteiger partial charge in [-0.3, -0.25) is 0 Å². The summed E-state index contributed by atoms with van der Waals surface area (Å²) in [6, 6.07) is 41.9. The number of hydrogen-bond acceptors (Lipinski definition) is 2. The monoisotopic (exact) mass is 481 g/mol. The molecule has 0 aliphatic rings. The molecule has 0 saturated heterocycles. The maximum Gasteiger partial charge on any atom is 0.0891 e. The third-order valence-corrected chi connectivity index (χ3v) is 9.50. The number of para-hydroxylation sites is 1. The molecule has 0 radical (unpaired) electrons. The van der Waals surface area contributed by atoms with Gasteiger partial charge in [-0.2, -0.15) is 0 Å². The third-order valence-electron chi connectivity index (χ3n) is 7.03. The first-order valence-corrected chi connectivity index (χ1v) is 13.4. The summed E-state index contributed by atoms with van der Waals surface area (Å²) in [5, 5.41) is 6.74. The van der Waals surface area contributed by atoms with E-state index in [1.54, 1.807) is 0 Å². The highest BCUT2D eigenvalue weighted by molar-refractivity contribution is 7.45. The average Bonchev–Trinajstić information content (AvgIpc) is 3.57. The highest BCUT2D eigenvalue weighted by Crippen LogP contribution is 2.48. The standard InChI is InChI=1S/C32H19NS2/c1-3-9-20(10-4-1)21-15-18-27-26(19-21)23-16-17-25-29-24-13-7-8-14-28(24)34-32(29)35-31(25)30(23)33(27)22-11-5-2-6-12-22/h1-19H. The number of benzene rings is 5. The van der Waals surface area contributed by atoms with Crippen LogP contribution in [0.5, 0.6) is 0 Å². The maximum absolute atomic E-state index is 2.46. The Labute approximate surface area is 210 Å². The lowest BCUT2D eigenvalue weighted by molar-refractivity contribution is 1.19. The van der Waals surface area contributed by atoms with E-state index in [2.05, 4.69) is 120 Å². The van der Waals surface area contributed by atoms with Crippen molar-refractivity contribution in [1.29, 1.82) is 0 Å². The number of rotatable bonds is 2. The maximum atomic E-state index is 2.46. The van der Waals surface area contributed by atoms with E-state index < -0.39 is 0 Å². The van der Waals surface area contributed by atoms with Crippen molar-refractivity contribution >= 4 is 74.1 Å². The van der Waals surface area contributed by atoms with Crippen LogP contribution < -0.4 is 0 Å². The first-order valence-electron chi connectivity index (χ1n) is 11.8. The Morgan fingerprint density at radius 2 is 1.26 bits per heavy atom. The van der Waals surface area contributed by atoms with E-state index in [0.29, 0.717) is 0 Å². The summed E-state index contributed by atoms with van der Waals surface area (Å²) in [4.78, 5) is 0. The van der Waals surface area contributed by atoms with Crippen LogP contribution in [-0.2, 0) is 0 Å². The molecule has 8 rings (SSSR count). The zero-order valence-corrected chi connectivity index (χ0v) is 20.4. The second-order valence-corrected chi connectivity index (χ2v) is 11.3. The first-order chi connectivity index (χ1) is 17.4. The summed E-state index contributed by atoms with van der Waals surface area (Å²) < 4.78 is 6.61. The fourth-order valence-corrected chi connectivity index (χ4v) is 8.20. The molecule has 0 aliphatic heterocycles. The average molecular weight is 482 g/mol. The molecule has 0 unspecified atom stereocenters.